The molecule has 0 aliphatic rings. The van der Waals surface area contributed by atoms with Gasteiger partial charge in [0.25, 0.3) is 5.91 Å². The molecule has 0 saturated carbocycles. The van der Waals surface area contributed by atoms with Crippen molar-refractivity contribution in [3.63, 3.8) is 0 Å². The molecule has 27 heavy (non-hydrogen) atoms. The first-order valence-corrected chi connectivity index (χ1v) is 8.85. The number of hydrogen-bond acceptors (Lipinski definition) is 3. The molecule has 0 bridgehead atoms. The lowest BCUT2D eigenvalue weighted by atomic mass is 10.0. The summed E-state index contributed by atoms with van der Waals surface area (Å²) in [6.07, 6.45) is 3.39. The molecule has 4 heteroatoms. The number of aromatic nitrogens is 2. The van der Waals surface area contributed by atoms with Crippen LogP contribution in [0.3, 0.4) is 0 Å². The van der Waals surface area contributed by atoms with E-state index in [0.717, 1.165) is 33.3 Å². The number of nitrogens with one attached hydrogen (secondary N) is 1. The molecule has 2 aromatic carbocycles. The Labute approximate surface area is 157 Å². The third-order valence-electron chi connectivity index (χ3n) is 4.63. The summed E-state index contributed by atoms with van der Waals surface area (Å²) in [5, 5.41) is 3.78. The Morgan fingerprint density at radius 1 is 1.00 bits per heavy atom. The van der Waals surface area contributed by atoms with Crippen molar-refractivity contribution in [2.24, 2.45) is 0 Å². The summed E-state index contributed by atoms with van der Waals surface area (Å²) in [5.74, 6) is -0.129. The minimum Gasteiger partial charge on any atom is -0.348 e. The highest BCUT2D eigenvalue weighted by atomic mass is 16.1. The smallest absolute Gasteiger partial charge is 0.252 e. The zero-order valence-corrected chi connectivity index (χ0v) is 15.0. The minimum atomic E-state index is -0.129. The molecule has 0 atom stereocenters. The van der Waals surface area contributed by atoms with E-state index in [1.807, 2.05) is 73.7 Å². The van der Waals surface area contributed by atoms with Crippen molar-refractivity contribution in [3.05, 3.63) is 95.8 Å². The number of fused-ring (bicyclic) bond motifs is 1. The van der Waals surface area contributed by atoms with Crippen LogP contribution in [0.4, 0.5) is 0 Å². The normalized spacial score (nSPS) is 10.7. The third kappa shape index (κ3) is 3.55. The molecule has 4 aromatic rings. The first-order chi connectivity index (χ1) is 13.2. The van der Waals surface area contributed by atoms with Crippen molar-refractivity contribution >= 4 is 16.8 Å². The SMILES string of the molecule is Cc1ccccc1CNC(=O)c1cc(-c2ccccc2)nc2ccncc12. The molecule has 0 fully saturated rings. The quantitative estimate of drug-likeness (QED) is 0.586. The van der Waals surface area contributed by atoms with E-state index in [9.17, 15) is 4.79 Å². The second-order valence-corrected chi connectivity index (χ2v) is 6.42. The zero-order chi connectivity index (χ0) is 18.6. The van der Waals surface area contributed by atoms with Gasteiger partial charge in [-0.05, 0) is 30.2 Å². The molecule has 0 unspecified atom stereocenters. The number of hydrogen-bond donors (Lipinski definition) is 1. The molecule has 4 nitrogen and oxygen atoms in total. The van der Waals surface area contributed by atoms with Gasteiger partial charge in [-0.25, -0.2) is 4.98 Å². The summed E-state index contributed by atoms with van der Waals surface area (Å²) in [6, 6.07) is 21.6. The van der Waals surface area contributed by atoms with Gasteiger partial charge in [0.05, 0.1) is 16.8 Å². The zero-order valence-electron chi connectivity index (χ0n) is 15.0. The Bertz CT molecular complexity index is 1110. The van der Waals surface area contributed by atoms with Crippen LogP contribution in [0, 0.1) is 6.92 Å². The van der Waals surface area contributed by atoms with Crippen molar-refractivity contribution in [1.29, 1.82) is 0 Å². The van der Waals surface area contributed by atoms with E-state index in [4.69, 9.17) is 4.98 Å². The number of pyridine rings is 2. The predicted octanol–water partition coefficient (Wildman–Crippen LogP) is 4.54. The number of carbonyl (C=O) groups excluding carboxylic acids is 1. The van der Waals surface area contributed by atoms with Crippen LogP contribution in [0.15, 0.2) is 79.1 Å². The summed E-state index contributed by atoms with van der Waals surface area (Å²) >= 11 is 0. The predicted molar refractivity (Wildman–Crippen MR) is 107 cm³/mol. The Hall–Kier alpha value is -3.53. The van der Waals surface area contributed by atoms with Gasteiger partial charge in [0.2, 0.25) is 0 Å². The van der Waals surface area contributed by atoms with Gasteiger partial charge in [0.1, 0.15) is 0 Å². The summed E-state index contributed by atoms with van der Waals surface area (Å²) in [6.45, 7) is 2.52. The molecule has 2 aromatic heterocycles. The average molecular weight is 353 g/mol. The molecule has 2 heterocycles. The van der Waals surface area contributed by atoms with Gasteiger partial charge in [-0.15, -0.1) is 0 Å². The highest BCUT2D eigenvalue weighted by Crippen LogP contribution is 2.24. The summed E-state index contributed by atoms with van der Waals surface area (Å²) in [4.78, 5) is 21.8. The molecule has 1 N–H and O–H groups in total. The molecular weight excluding hydrogens is 334 g/mol. The maximum Gasteiger partial charge on any atom is 0.252 e. The van der Waals surface area contributed by atoms with E-state index in [1.54, 1.807) is 12.4 Å². The molecule has 0 spiro atoms. The standard InChI is InChI=1S/C23H19N3O/c1-16-7-5-6-10-18(16)14-25-23(27)19-13-22(17-8-3-2-4-9-17)26-21-11-12-24-15-20(19)21/h2-13,15H,14H2,1H3,(H,25,27). The van der Waals surface area contributed by atoms with E-state index in [0.29, 0.717) is 12.1 Å². The van der Waals surface area contributed by atoms with Crippen molar-refractivity contribution in [2.75, 3.05) is 0 Å². The molecule has 0 aliphatic carbocycles. The molecule has 0 radical (unpaired) electrons. The summed E-state index contributed by atoms with van der Waals surface area (Å²) < 4.78 is 0. The van der Waals surface area contributed by atoms with Crippen LogP contribution in [-0.2, 0) is 6.54 Å². The minimum absolute atomic E-state index is 0.129. The maximum absolute atomic E-state index is 13.0. The van der Waals surface area contributed by atoms with Crippen LogP contribution < -0.4 is 5.32 Å². The number of benzene rings is 2. The molecule has 0 aliphatic heterocycles. The number of nitrogens with zero attached hydrogens (tertiary/aromatic N) is 2. The fourth-order valence-corrected chi connectivity index (χ4v) is 3.09. The Kier molecular flexibility index (Phi) is 4.62. The highest BCUT2D eigenvalue weighted by molar-refractivity contribution is 6.06. The van der Waals surface area contributed by atoms with Crippen LogP contribution in [0.5, 0.6) is 0 Å². The highest BCUT2D eigenvalue weighted by Gasteiger charge is 2.14. The third-order valence-corrected chi connectivity index (χ3v) is 4.63. The average Bonchev–Trinajstić information content (AvgIpc) is 2.73. The van der Waals surface area contributed by atoms with Crippen LogP contribution in [0.25, 0.3) is 22.2 Å². The van der Waals surface area contributed by atoms with E-state index < -0.39 is 0 Å². The fourth-order valence-electron chi connectivity index (χ4n) is 3.09. The lowest BCUT2D eigenvalue weighted by Gasteiger charge is -2.11. The maximum atomic E-state index is 13.0. The second kappa shape index (κ2) is 7.38. The van der Waals surface area contributed by atoms with E-state index in [-0.39, 0.29) is 5.91 Å². The number of amides is 1. The summed E-state index contributed by atoms with van der Waals surface area (Å²) in [5.41, 5.74) is 5.35. The largest absolute Gasteiger partial charge is 0.348 e. The van der Waals surface area contributed by atoms with Gasteiger partial charge >= 0.3 is 0 Å². The Balaban J connectivity index is 1.71. The topological polar surface area (TPSA) is 54.9 Å². The molecular formula is C23H19N3O. The van der Waals surface area contributed by atoms with Crippen molar-refractivity contribution in [2.45, 2.75) is 13.5 Å². The second-order valence-electron chi connectivity index (χ2n) is 6.42. The number of rotatable bonds is 4. The molecule has 0 saturated heterocycles. The monoisotopic (exact) mass is 353 g/mol. The van der Waals surface area contributed by atoms with E-state index in [1.165, 1.54) is 0 Å². The van der Waals surface area contributed by atoms with Crippen LogP contribution in [0.2, 0.25) is 0 Å². The lowest BCUT2D eigenvalue weighted by Crippen LogP contribution is -2.23. The molecule has 1 amide bonds. The van der Waals surface area contributed by atoms with Crippen molar-refractivity contribution < 1.29 is 4.79 Å². The van der Waals surface area contributed by atoms with Gasteiger partial charge in [-0.3, -0.25) is 9.78 Å². The van der Waals surface area contributed by atoms with E-state index in [2.05, 4.69) is 10.3 Å². The van der Waals surface area contributed by atoms with Gasteiger partial charge in [-0.2, -0.15) is 0 Å². The van der Waals surface area contributed by atoms with E-state index >= 15 is 0 Å². The molecule has 132 valence electrons. The van der Waals surface area contributed by atoms with Gasteiger partial charge in [-0.1, -0.05) is 54.6 Å². The Morgan fingerprint density at radius 3 is 2.59 bits per heavy atom. The molecule has 4 rings (SSSR count). The number of carbonyl (C=O) groups is 1. The Morgan fingerprint density at radius 2 is 1.78 bits per heavy atom. The first-order valence-electron chi connectivity index (χ1n) is 8.85. The van der Waals surface area contributed by atoms with Gasteiger partial charge in [0.15, 0.2) is 0 Å². The first kappa shape index (κ1) is 16.9. The van der Waals surface area contributed by atoms with Crippen molar-refractivity contribution in [1.82, 2.24) is 15.3 Å². The van der Waals surface area contributed by atoms with Crippen LogP contribution in [-0.4, -0.2) is 15.9 Å². The van der Waals surface area contributed by atoms with Gasteiger partial charge < -0.3 is 5.32 Å². The lowest BCUT2D eigenvalue weighted by molar-refractivity contribution is 0.0952. The number of aryl methyl sites for hydroxylation is 1. The summed E-state index contributed by atoms with van der Waals surface area (Å²) in [7, 11) is 0. The van der Waals surface area contributed by atoms with Crippen LogP contribution >= 0.6 is 0 Å². The van der Waals surface area contributed by atoms with Gasteiger partial charge in [0, 0.05) is 29.9 Å². The van der Waals surface area contributed by atoms with Crippen molar-refractivity contribution in [3.8, 4) is 11.3 Å². The van der Waals surface area contributed by atoms with Crippen LogP contribution in [0.1, 0.15) is 21.5 Å². The fraction of sp³-hybridized carbons (Fsp3) is 0.0870.